The van der Waals surface area contributed by atoms with Gasteiger partial charge in [0.15, 0.2) is 0 Å². The zero-order chi connectivity index (χ0) is 14.6. The molecule has 0 saturated carbocycles. The van der Waals surface area contributed by atoms with Gasteiger partial charge in [0, 0.05) is 6.54 Å². The summed E-state index contributed by atoms with van der Waals surface area (Å²) in [5.74, 6) is 0.480. The Balaban J connectivity index is 2.99. The monoisotopic (exact) mass is 273 g/mol. The van der Waals surface area contributed by atoms with Gasteiger partial charge in [0.05, 0.1) is 5.56 Å². The molecule has 0 bridgehead atoms. The zero-order valence-electron chi connectivity index (χ0n) is 12.0. The van der Waals surface area contributed by atoms with E-state index in [9.17, 15) is 13.2 Å². The summed E-state index contributed by atoms with van der Waals surface area (Å²) < 4.78 is 38.2. The third kappa shape index (κ3) is 4.53. The van der Waals surface area contributed by atoms with Crippen LogP contribution in [0.2, 0.25) is 0 Å². The van der Waals surface area contributed by atoms with Gasteiger partial charge < -0.3 is 4.90 Å². The minimum atomic E-state index is -4.26. The summed E-state index contributed by atoms with van der Waals surface area (Å²) in [6.07, 6.45) is -3.42. The first kappa shape index (κ1) is 16.0. The van der Waals surface area contributed by atoms with Gasteiger partial charge in [-0.15, -0.1) is 0 Å². The van der Waals surface area contributed by atoms with Gasteiger partial charge in [-0.1, -0.05) is 32.0 Å². The van der Waals surface area contributed by atoms with Gasteiger partial charge in [-0.25, -0.2) is 0 Å². The molecule has 0 radical (unpaired) electrons. The van der Waals surface area contributed by atoms with Crippen molar-refractivity contribution < 1.29 is 13.2 Å². The van der Waals surface area contributed by atoms with Crippen LogP contribution in [0.25, 0.3) is 0 Å². The van der Waals surface area contributed by atoms with E-state index in [1.165, 1.54) is 12.1 Å². The molecular formula is C15H22F3N. The zero-order valence-corrected chi connectivity index (χ0v) is 12.0. The Bertz CT molecular complexity index is 399. The summed E-state index contributed by atoms with van der Waals surface area (Å²) in [5, 5.41) is 0. The number of hydrogen-bond donors (Lipinski definition) is 0. The van der Waals surface area contributed by atoms with E-state index < -0.39 is 11.7 Å². The highest BCUT2D eigenvalue weighted by atomic mass is 19.4. The van der Waals surface area contributed by atoms with Crippen molar-refractivity contribution in [1.82, 2.24) is 4.90 Å². The first-order valence-corrected chi connectivity index (χ1v) is 6.57. The molecule has 0 amide bonds. The van der Waals surface area contributed by atoms with E-state index in [1.54, 1.807) is 6.07 Å². The van der Waals surface area contributed by atoms with Crippen molar-refractivity contribution in [2.75, 3.05) is 20.6 Å². The van der Waals surface area contributed by atoms with Crippen molar-refractivity contribution in [1.29, 1.82) is 0 Å². The molecule has 0 fully saturated rings. The smallest absolute Gasteiger partial charge is 0.309 e. The van der Waals surface area contributed by atoms with E-state index in [-0.39, 0.29) is 5.92 Å². The molecule has 0 aliphatic carbocycles. The minimum absolute atomic E-state index is 0.157. The van der Waals surface area contributed by atoms with Crippen molar-refractivity contribution in [3.05, 3.63) is 35.4 Å². The Kier molecular flexibility index (Phi) is 5.41. The first-order valence-electron chi connectivity index (χ1n) is 6.57. The van der Waals surface area contributed by atoms with Crippen molar-refractivity contribution in [3.63, 3.8) is 0 Å². The summed E-state index contributed by atoms with van der Waals surface area (Å²) >= 11 is 0. The number of halogens is 3. The molecule has 1 aromatic carbocycles. The highest BCUT2D eigenvalue weighted by molar-refractivity contribution is 5.28. The quantitative estimate of drug-likeness (QED) is 0.768. The maximum absolute atomic E-state index is 12.7. The van der Waals surface area contributed by atoms with Crippen LogP contribution in [-0.4, -0.2) is 25.5 Å². The number of nitrogens with zero attached hydrogens (tertiary/aromatic N) is 1. The summed E-state index contributed by atoms with van der Waals surface area (Å²) in [7, 11) is 3.96. The van der Waals surface area contributed by atoms with E-state index in [0.29, 0.717) is 5.92 Å². The SMILES string of the molecule is CCC(c1cccc(C(F)(F)F)c1)C(C)CN(C)C. The Morgan fingerprint density at radius 1 is 1.21 bits per heavy atom. The van der Waals surface area contributed by atoms with Crippen LogP contribution in [0.1, 0.15) is 37.3 Å². The standard InChI is InChI=1S/C15H22F3N/c1-5-14(11(2)10-19(3)4)12-7-6-8-13(9-12)15(16,17)18/h6-9,11,14H,5,10H2,1-4H3. The third-order valence-electron chi connectivity index (χ3n) is 3.42. The van der Waals surface area contributed by atoms with Crippen molar-refractivity contribution in [3.8, 4) is 0 Å². The number of alkyl halides is 3. The fourth-order valence-corrected chi connectivity index (χ4v) is 2.62. The average molecular weight is 273 g/mol. The van der Waals surface area contributed by atoms with E-state index in [4.69, 9.17) is 0 Å². The van der Waals surface area contributed by atoms with E-state index in [2.05, 4.69) is 11.8 Å². The lowest BCUT2D eigenvalue weighted by Gasteiger charge is -2.26. The Labute approximate surface area is 113 Å². The van der Waals surface area contributed by atoms with Crippen LogP contribution in [0.5, 0.6) is 0 Å². The third-order valence-corrected chi connectivity index (χ3v) is 3.42. The van der Waals surface area contributed by atoms with Crippen LogP contribution in [0.4, 0.5) is 13.2 Å². The molecule has 1 nitrogen and oxygen atoms in total. The summed E-state index contributed by atoms with van der Waals surface area (Å²) in [5.41, 5.74) is 0.229. The number of benzene rings is 1. The van der Waals surface area contributed by atoms with Crippen LogP contribution in [-0.2, 0) is 6.18 Å². The maximum atomic E-state index is 12.7. The molecule has 0 spiro atoms. The fourth-order valence-electron chi connectivity index (χ4n) is 2.62. The molecule has 0 aliphatic heterocycles. The molecule has 2 unspecified atom stereocenters. The van der Waals surface area contributed by atoms with Crippen LogP contribution in [0.3, 0.4) is 0 Å². The largest absolute Gasteiger partial charge is 0.416 e. The topological polar surface area (TPSA) is 3.24 Å². The van der Waals surface area contributed by atoms with Crippen LogP contribution >= 0.6 is 0 Å². The molecule has 0 saturated heterocycles. The maximum Gasteiger partial charge on any atom is 0.416 e. The normalized spacial score (nSPS) is 15.6. The minimum Gasteiger partial charge on any atom is -0.309 e. The molecule has 19 heavy (non-hydrogen) atoms. The number of rotatable bonds is 5. The summed E-state index contributed by atoms with van der Waals surface area (Å²) in [6.45, 7) is 4.99. The highest BCUT2D eigenvalue weighted by Gasteiger charge is 2.31. The van der Waals surface area contributed by atoms with Gasteiger partial charge in [0.25, 0.3) is 0 Å². The predicted octanol–water partition coefficient (Wildman–Crippen LogP) is 4.40. The Morgan fingerprint density at radius 3 is 2.32 bits per heavy atom. The lowest BCUT2D eigenvalue weighted by atomic mass is 9.84. The highest BCUT2D eigenvalue weighted by Crippen LogP contribution is 2.34. The second-order valence-electron chi connectivity index (χ2n) is 5.38. The van der Waals surface area contributed by atoms with Crippen molar-refractivity contribution in [2.45, 2.75) is 32.4 Å². The molecule has 0 aliphatic rings. The van der Waals surface area contributed by atoms with Crippen LogP contribution in [0.15, 0.2) is 24.3 Å². The van der Waals surface area contributed by atoms with Crippen molar-refractivity contribution >= 4 is 0 Å². The van der Waals surface area contributed by atoms with Gasteiger partial charge in [-0.2, -0.15) is 13.2 Å². The van der Waals surface area contributed by atoms with Gasteiger partial charge in [-0.3, -0.25) is 0 Å². The van der Waals surface area contributed by atoms with E-state index >= 15 is 0 Å². The van der Waals surface area contributed by atoms with Gasteiger partial charge in [0.2, 0.25) is 0 Å². The molecule has 1 rings (SSSR count). The molecule has 4 heteroatoms. The first-order chi connectivity index (χ1) is 8.75. The van der Waals surface area contributed by atoms with E-state index in [0.717, 1.165) is 24.6 Å². The van der Waals surface area contributed by atoms with Crippen LogP contribution in [0, 0.1) is 5.92 Å². The second kappa shape index (κ2) is 6.42. The van der Waals surface area contributed by atoms with Crippen molar-refractivity contribution in [2.24, 2.45) is 5.92 Å². The van der Waals surface area contributed by atoms with E-state index in [1.807, 2.05) is 21.0 Å². The molecule has 0 N–H and O–H groups in total. The number of hydrogen-bond acceptors (Lipinski definition) is 1. The predicted molar refractivity (Wildman–Crippen MR) is 72.2 cm³/mol. The van der Waals surface area contributed by atoms with Crippen LogP contribution < -0.4 is 0 Å². The van der Waals surface area contributed by atoms with Gasteiger partial charge in [0.1, 0.15) is 0 Å². The summed E-state index contributed by atoms with van der Waals surface area (Å²) in [4.78, 5) is 2.07. The lowest BCUT2D eigenvalue weighted by Crippen LogP contribution is -2.24. The molecule has 108 valence electrons. The Hall–Kier alpha value is -1.03. The Morgan fingerprint density at radius 2 is 1.84 bits per heavy atom. The molecule has 0 aromatic heterocycles. The molecule has 2 atom stereocenters. The summed E-state index contributed by atoms with van der Waals surface area (Å²) in [6, 6.07) is 5.73. The fraction of sp³-hybridized carbons (Fsp3) is 0.600. The van der Waals surface area contributed by atoms with Gasteiger partial charge in [-0.05, 0) is 44.0 Å². The average Bonchev–Trinajstić information content (AvgIpc) is 2.28. The molecule has 1 aromatic rings. The lowest BCUT2D eigenvalue weighted by molar-refractivity contribution is -0.137. The van der Waals surface area contributed by atoms with Gasteiger partial charge >= 0.3 is 6.18 Å². The second-order valence-corrected chi connectivity index (χ2v) is 5.38. The molecular weight excluding hydrogens is 251 g/mol. The molecule has 0 heterocycles.